The lowest BCUT2D eigenvalue weighted by atomic mass is 10.3. The highest BCUT2D eigenvalue weighted by atomic mass is 127. The fourth-order valence-corrected chi connectivity index (χ4v) is 6.82. The summed E-state index contributed by atoms with van der Waals surface area (Å²) in [5.74, 6) is 0.418. The Balaban J connectivity index is 1.79. The van der Waals surface area contributed by atoms with Gasteiger partial charge in [-0.3, -0.25) is 0 Å². The highest BCUT2D eigenvalue weighted by Crippen LogP contribution is 2.39. The zero-order valence-corrected chi connectivity index (χ0v) is 15.8. The van der Waals surface area contributed by atoms with E-state index in [0.29, 0.717) is 23.0 Å². The largest absolute Gasteiger partial charge is 0.423 e. The van der Waals surface area contributed by atoms with Gasteiger partial charge in [0.1, 0.15) is 7.72 Å². The molecule has 0 bridgehead atoms. The molecule has 0 aromatic carbocycles. The van der Waals surface area contributed by atoms with Crippen LogP contribution in [-0.4, -0.2) is 34.8 Å². The van der Waals surface area contributed by atoms with E-state index in [1.165, 1.54) is 6.07 Å². The minimum Gasteiger partial charge on any atom is -0.321 e. The average Bonchev–Trinajstić information content (AvgIpc) is 2.97. The minimum absolute atomic E-state index is 0.140. The van der Waals surface area contributed by atoms with Crippen molar-refractivity contribution in [2.75, 3.05) is 13.6 Å². The van der Waals surface area contributed by atoms with E-state index in [1.807, 2.05) is 0 Å². The Bertz CT molecular complexity index is 779. The first-order valence-electron chi connectivity index (χ1n) is 6.81. The van der Waals surface area contributed by atoms with Crippen molar-refractivity contribution in [3.05, 3.63) is 23.1 Å². The molecule has 2 heterocycles. The summed E-state index contributed by atoms with van der Waals surface area (Å²) in [4.78, 5) is 0.540. The van der Waals surface area contributed by atoms with Gasteiger partial charge in [-0.15, -0.1) is 11.3 Å². The summed E-state index contributed by atoms with van der Waals surface area (Å²) in [5.41, 5.74) is 0.443. The monoisotopic (exact) mass is 478 g/mol. The second-order valence-corrected chi connectivity index (χ2v) is 11.5. The van der Waals surface area contributed by atoms with Crippen molar-refractivity contribution in [2.24, 2.45) is 5.92 Å². The van der Waals surface area contributed by atoms with E-state index >= 15 is 0 Å². The molecule has 0 saturated heterocycles. The molecule has 0 spiro atoms. The molecule has 0 amide bonds. The number of allylic oxidation sites excluding steroid dienone is 1. The lowest BCUT2D eigenvalue weighted by Gasteiger charge is -2.10. The summed E-state index contributed by atoms with van der Waals surface area (Å²) in [6.07, 6.45) is -1.11. The van der Waals surface area contributed by atoms with Gasteiger partial charge < -0.3 is 3.11 Å². The van der Waals surface area contributed by atoms with Crippen molar-refractivity contribution in [1.29, 1.82) is 0 Å². The molecule has 3 rings (SSSR count). The quantitative estimate of drug-likeness (QED) is 0.522. The zero-order valence-electron chi connectivity index (χ0n) is 12.0. The van der Waals surface area contributed by atoms with Crippen molar-refractivity contribution in [2.45, 2.75) is 23.2 Å². The minimum atomic E-state index is -4.32. The maximum Gasteiger partial charge on any atom is 0.423 e. The fraction of sp³-hybridized carbons (Fsp3) is 0.462. The average molecular weight is 478 g/mol. The molecular formula is C13H14F3IN2O2S2. The van der Waals surface area contributed by atoms with Gasteiger partial charge in [0, 0.05) is 34.6 Å². The number of hydrogen-bond donors (Lipinski definition) is 1. The van der Waals surface area contributed by atoms with Crippen LogP contribution >= 0.6 is 32.3 Å². The third-order valence-electron chi connectivity index (χ3n) is 3.44. The Hall–Kier alpha value is -0.460. The molecule has 0 atom stereocenters. The van der Waals surface area contributed by atoms with Crippen molar-refractivity contribution in [3.63, 3.8) is 0 Å². The standard InChI is InChI=1S/C13H14F3IN2O2S2/c1-19-9(6-11(17-19)13(14,15)16)10-4-5-12(22-10)23(20,21)18-7-8-2-3-8/h4-6,8,18H,2-3,7H2,1H3. The van der Waals surface area contributed by atoms with E-state index in [4.69, 9.17) is 0 Å². The maximum atomic E-state index is 12.8. The van der Waals surface area contributed by atoms with E-state index in [2.05, 4.69) is 4.72 Å². The number of rotatable bonds is 5. The van der Waals surface area contributed by atoms with Crippen LogP contribution in [0.15, 0.2) is 22.4 Å². The van der Waals surface area contributed by atoms with Gasteiger partial charge in [0.2, 0.25) is 10.0 Å². The smallest absolute Gasteiger partial charge is 0.321 e. The zero-order chi connectivity index (χ0) is 16.8. The second-order valence-electron chi connectivity index (χ2n) is 5.35. The number of thiophene rings is 1. The summed E-state index contributed by atoms with van der Waals surface area (Å²) < 4.78 is 66.6. The fourth-order valence-electron chi connectivity index (χ4n) is 1.99. The van der Waals surface area contributed by atoms with Crippen LogP contribution in [0, 0.1) is 5.92 Å². The first kappa shape index (κ1) is 17.4. The highest BCUT2D eigenvalue weighted by Gasteiger charge is 2.37. The van der Waals surface area contributed by atoms with E-state index in [-0.39, 0.29) is 4.21 Å². The SMILES string of the molecule is CN1I=C(C(F)(F)F)C=C1c1ccc(S(=O)(=O)NCC2CC2)s1. The Labute approximate surface area is 146 Å². The lowest BCUT2D eigenvalue weighted by molar-refractivity contribution is -0.0548. The summed E-state index contributed by atoms with van der Waals surface area (Å²) in [7, 11) is -1.97. The first-order chi connectivity index (χ1) is 10.7. The van der Waals surface area contributed by atoms with Crippen LogP contribution in [0.2, 0.25) is 0 Å². The van der Waals surface area contributed by atoms with Gasteiger partial charge in [-0.1, -0.05) is 0 Å². The number of nitrogens with one attached hydrogen (secondary N) is 1. The molecule has 1 N–H and O–H groups in total. The molecule has 1 aliphatic heterocycles. The van der Waals surface area contributed by atoms with Crippen LogP contribution in [-0.2, 0) is 10.0 Å². The van der Waals surface area contributed by atoms with Gasteiger partial charge in [-0.2, -0.15) is 13.2 Å². The Morgan fingerprint density at radius 3 is 2.65 bits per heavy atom. The number of hydrogen-bond acceptors (Lipinski definition) is 4. The summed E-state index contributed by atoms with van der Waals surface area (Å²) in [6, 6.07) is 3.02. The molecule has 1 aromatic rings. The van der Waals surface area contributed by atoms with Gasteiger partial charge in [0.15, 0.2) is 0 Å². The number of sulfonamides is 1. The number of nitrogens with zero attached hydrogens (tertiary/aromatic N) is 1. The van der Waals surface area contributed by atoms with Crippen LogP contribution in [0.1, 0.15) is 17.7 Å². The number of alkyl halides is 3. The predicted octanol–water partition coefficient (Wildman–Crippen LogP) is 3.34. The maximum absolute atomic E-state index is 12.8. The van der Waals surface area contributed by atoms with E-state index in [9.17, 15) is 21.6 Å². The number of halogens is 4. The molecule has 128 valence electrons. The van der Waals surface area contributed by atoms with Crippen molar-refractivity contribution in [3.8, 4) is 0 Å². The lowest BCUT2D eigenvalue weighted by Crippen LogP contribution is -2.25. The van der Waals surface area contributed by atoms with Gasteiger partial charge >= 0.3 is 6.18 Å². The molecule has 1 aliphatic carbocycles. The van der Waals surface area contributed by atoms with Crippen LogP contribution in [0.4, 0.5) is 13.2 Å². The van der Waals surface area contributed by atoms with E-state index in [1.54, 1.807) is 16.2 Å². The molecule has 1 aromatic heterocycles. The third kappa shape index (κ3) is 3.97. The van der Waals surface area contributed by atoms with Crippen LogP contribution in [0.25, 0.3) is 5.70 Å². The molecule has 0 unspecified atom stereocenters. The van der Waals surface area contributed by atoms with Gasteiger partial charge in [0.25, 0.3) is 0 Å². The Morgan fingerprint density at radius 2 is 2.09 bits per heavy atom. The first-order valence-corrected chi connectivity index (χ1v) is 11.2. The molecule has 23 heavy (non-hydrogen) atoms. The van der Waals surface area contributed by atoms with Crippen molar-refractivity contribution < 1.29 is 21.6 Å². The summed E-state index contributed by atoms with van der Waals surface area (Å²) >= 11 is -0.293. The predicted molar refractivity (Wildman–Crippen MR) is 93.1 cm³/mol. The second kappa shape index (κ2) is 6.12. The molecule has 4 nitrogen and oxygen atoms in total. The van der Waals surface area contributed by atoms with E-state index in [0.717, 1.165) is 30.3 Å². The molecule has 2 aliphatic rings. The van der Waals surface area contributed by atoms with Crippen LogP contribution in [0.3, 0.4) is 0 Å². The van der Waals surface area contributed by atoms with Crippen molar-refractivity contribution in [1.82, 2.24) is 7.84 Å². The Morgan fingerprint density at radius 1 is 1.39 bits per heavy atom. The van der Waals surface area contributed by atoms with Crippen LogP contribution in [0.5, 0.6) is 0 Å². The summed E-state index contributed by atoms with van der Waals surface area (Å²) in [5, 5.41) is 0. The van der Waals surface area contributed by atoms with Crippen LogP contribution < -0.4 is 4.72 Å². The van der Waals surface area contributed by atoms with E-state index < -0.39 is 40.7 Å². The van der Waals surface area contributed by atoms with Gasteiger partial charge in [0.05, 0.1) is 10.6 Å². The Kier molecular flexibility index (Phi) is 4.62. The van der Waals surface area contributed by atoms with Gasteiger partial charge in [-0.25, -0.2) is 13.1 Å². The molecular weight excluding hydrogens is 464 g/mol. The highest BCUT2D eigenvalue weighted by molar-refractivity contribution is 14.2. The van der Waals surface area contributed by atoms with Gasteiger partial charge in [-0.05, 0) is 37.0 Å². The molecule has 1 fully saturated rings. The summed E-state index contributed by atoms with van der Waals surface area (Å²) in [6.45, 7) is 0.426. The molecule has 10 heteroatoms. The molecule has 1 saturated carbocycles. The van der Waals surface area contributed by atoms with Crippen molar-refractivity contribution >= 4 is 51.6 Å². The molecule has 0 radical (unpaired) electrons. The normalized spacial score (nSPS) is 19.4. The third-order valence-corrected chi connectivity index (χ3v) is 9.15. The topological polar surface area (TPSA) is 49.4 Å².